The first-order chi connectivity index (χ1) is 16.4. The molecule has 3 rings (SSSR count). The number of para-hydroxylation sites is 1. The highest BCUT2D eigenvalue weighted by Gasteiger charge is 2.21. The number of aryl methyl sites for hydroxylation is 1. The van der Waals surface area contributed by atoms with Crippen molar-refractivity contribution in [3.05, 3.63) is 87.8 Å². The first kappa shape index (κ1) is 25.0. The van der Waals surface area contributed by atoms with Crippen LogP contribution in [0, 0.1) is 12.8 Å². The van der Waals surface area contributed by atoms with Gasteiger partial charge in [0.2, 0.25) is 0 Å². The van der Waals surface area contributed by atoms with E-state index in [-0.39, 0.29) is 41.0 Å². The highest BCUT2D eigenvalue weighted by atomic mass is 16.5. The second kappa shape index (κ2) is 11.5. The second-order valence-corrected chi connectivity index (χ2v) is 8.34. The minimum Gasteiger partial charge on any atom is -0.497 e. The summed E-state index contributed by atoms with van der Waals surface area (Å²) in [5.74, 6) is 0.125. The van der Waals surface area contributed by atoms with Crippen molar-refractivity contribution in [2.24, 2.45) is 5.92 Å². The fourth-order valence-electron chi connectivity index (χ4n) is 3.96. The number of benzene rings is 2. The number of hydrogen-bond donors (Lipinski definition) is 0. The zero-order chi connectivity index (χ0) is 24.7. The molecule has 0 saturated carbocycles. The number of carbonyl (C=O) groups excluding carboxylic acids is 2. The van der Waals surface area contributed by atoms with Crippen molar-refractivity contribution in [1.29, 1.82) is 0 Å². The molecule has 6 nitrogen and oxygen atoms in total. The summed E-state index contributed by atoms with van der Waals surface area (Å²) >= 11 is 0. The van der Waals surface area contributed by atoms with E-state index in [1.54, 1.807) is 18.2 Å². The van der Waals surface area contributed by atoms with E-state index in [2.05, 4.69) is 13.8 Å². The molecule has 1 unspecified atom stereocenters. The number of aromatic nitrogens is 1. The molecule has 0 spiro atoms. The van der Waals surface area contributed by atoms with E-state index in [1.807, 2.05) is 31.2 Å². The van der Waals surface area contributed by atoms with Gasteiger partial charge in [0.25, 0.3) is 5.56 Å². The minimum atomic E-state index is -0.382. The Hall–Kier alpha value is -3.67. The number of esters is 1. The Kier molecular flexibility index (Phi) is 8.41. The number of carbonyl (C=O) groups is 2. The van der Waals surface area contributed by atoms with Crippen molar-refractivity contribution in [3.63, 3.8) is 0 Å². The summed E-state index contributed by atoms with van der Waals surface area (Å²) in [5, 5.41) is 0. The maximum absolute atomic E-state index is 13.5. The molecule has 0 aliphatic rings. The SMILES string of the molecule is CCCC(CC)CC(=O)Oc1cc(OC)ccc1C(=O)c1ccc(=O)n(-c2ccccc2C)c1. The van der Waals surface area contributed by atoms with Crippen LogP contribution in [-0.4, -0.2) is 23.4 Å². The Morgan fingerprint density at radius 1 is 1.03 bits per heavy atom. The monoisotopic (exact) mass is 461 g/mol. The Labute approximate surface area is 200 Å². The number of methoxy groups -OCH3 is 1. The van der Waals surface area contributed by atoms with Crippen molar-refractivity contribution < 1.29 is 19.1 Å². The molecule has 0 bridgehead atoms. The molecule has 0 saturated heterocycles. The zero-order valence-corrected chi connectivity index (χ0v) is 20.2. The van der Waals surface area contributed by atoms with Crippen molar-refractivity contribution in [2.75, 3.05) is 7.11 Å². The highest BCUT2D eigenvalue weighted by Crippen LogP contribution is 2.28. The predicted octanol–water partition coefficient (Wildman–Crippen LogP) is 5.51. The van der Waals surface area contributed by atoms with Crippen LogP contribution in [0.5, 0.6) is 11.5 Å². The summed E-state index contributed by atoms with van der Waals surface area (Å²) in [5.41, 5.74) is 1.90. The van der Waals surface area contributed by atoms with Gasteiger partial charge in [0.05, 0.1) is 18.4 Å². The highest BCUT2D eigenvalue weighted by molar-refractivity contribution is 6.11. The Morgan fingerprint density at radius 3 is 2.47 bits per heavy atom. The molecule has 0 aliphatic heterocycles. The molecule has 0 amide bonds. The van der Waals surface area contributed by atoms with Crippen molar-refractivity contribution in [3.8, 4) is 17.2 Å². The normalized spacial score (nSPS) is 11.6. The largest absolute Gasteiger partial charge is 0.497 e. The molecule has 0 aliphatic carbocycles. The van der Waals surface area contributed by atoms with Gasteiger partial charge >= 0.3 is 5.97 Å². The van der Waals surface area contributed by atoms with E-state index in [1.165, 1.54) is 30.0 Å². The van der Waals surface area contributed by atoms with Crippen molar-refractivity contribution in [2.45, 2.75) is 46.5 Å². The average Bonchev–Trinajstić information content (AvgIpc) is 2.84. The van der Waals surface area contributed by atoms with Gasteiger partial charge in [-0.1, -0.05) is 51.3 Å². The van der Waals surface area contributed by atoms with Crippen LogP contribution in [0.25, 0.3) is 5.69 Å². The average molecular weight is 462 g/mol. The smallest absolute Gasteiger partial charge is 0.311 e. The number of ketones is 1. The summed E-state index contributed by atoms with van der Waals surface area (Å²) in [6.45, 7) is 6.04. The number of rotatable bonds is 10. The molecule has 1 aromatic heterocycles. The Bertz CT molecular complexity index is 1230. The lowest BCUT2D eigenvalue weighted by Gasteiger charge is -2.15. The van der Waals surface area contributed by atoms with Crippen LogP contribution < -0.4 is 15.0 Å². The van der Waals surface area contributed by atoms with E-state index >= 15 is 0 Å². The Morgan fingerprint density at radius 2 is 1.79 bits per heavy atom. The number of pyridine rings is 1. The maximum Gasteiger partial charge on any atom is 0.311 e. The molecule has 34 heavy (non-hydrogen) atoms. The summed E-state index contributed by atoms with van der Waals surface area (Å²) < 4.78 is 12.4. The first-order valence-electron chi connectivity index (χ1n) is 11.6. The van der Waals surface area contributed by atoms with Crippen LogP contribution in [0.2, 0.25) is 0 Å². The van der Waals surface area contributed by atoms with E-state index in [9.17, 15) is 14.4 Å². The molecule has 3 aromatic rings. The van der Waals surface area contributed by atoms with E-state index in [0.29, 0.717) is 17.0 Å². The standard InChI is InChI=1S/C28H31NO5/c1-5-9-20(6-2)16-27(31)34-25-17-22(33-4)13-14-23(25)28(32)21-12-15-26(30)29(18-21)24-11-8-7-10-19(24)3/h7-8,10-15,17-18,20H,5-6,9,16H2,1-4H3. The number of ether oxygens (including phenoxy) is 2. The molecular formula is C28H31NO5. The molecule has 1 atom stereocenters. The van der Waals surface area contributed by atoms with Crippen molar-refractivity contribution >= 4 is 11.8 Å². The maximum atomic E-state index is 13.5. The summed E-state index contributed by atoms with van der Waals surface area (Å²) in [6.07, 6.45) is 4.62. The molecular weight excluding hydrogens is 430 g/mol. The summed E-state index contributed by atoms with van der Waals surface area (Å²) in [4.78, 5) is 38.7. The van der Waals surface area contributed by atoms with E-state index in [0.717, 1.165) is 24.8 Å². The second-order valence-electron chi connectivity index (χ2n) is 8.34. The van der Waals surface area contributed by atoms with Crippen LogP contribution in [0.3, 0.4) is 0 Å². The van der Waals surface area contributed by atoms with Gasteiger partial charge in [-0.05, 0) is 42.7 Å². The van der Waals surface area contributed by atoms with Gasteiger partial charge in [0.15, 0.2) is 5.78 Å². The zero-order valence-electron chi connectivity index (χ0n) is 20.2. The molecule has 0 fully saturated rings. The summed E-state index contributed by atoms with van der Waals surface area (Å²) in [7, 11) is 1.51. The Balaban J connectivity index is 1.96. The van der Waals surface area contributed by atoms with Crippen LogP contribution in [0.1, 0.15) is 61.0 Å². The topological polar surface area (TPSA) is 74.6 Å². The molecule has 1 heterocycles. The van der Waals surface area contributed by atoms with Gasteiger partial charge < -0.3 is 9.47 Å². The molecule has 178 valence electrons. The lowest BCUT2D eigenvalue weighted by Crippen LogP contribution is -2.20. The number of hydrogen-bond acceptors (Lipinski definition) is 5. The van der Waals surface area contributed by atoms with Crippen LogP contribution in [0.15, 0.2) is 65.6 Å². The molecule has 0 N–H and O–H groups in total. The van der Waals surface area contributed by atoms with Gasteiger partial charge in [-0.2, -0.15) is 0 Å². The van der Waals surface area contributed by atoms with E-state index in [4.69, 9.17) is 9.47 Å². The van der Waals surface area contributed by atoms with Gasteiger partial charge in [-0.15, -0.1) is 0 Å². The van der Waals surface area contributed by atoms with Gasteiger partial charge in [-0.3, -0.25) is 19.0 Å². The van der Waals surface area contributed by atoms with Gasteiger partial charge in [0.1, 0.15) is 11.5 Å². The molecule has 0 radical (unpaired) electrons. The lowest BCUT2D eigenvalue weighted by atomic mass is 9.97. The first-order valence-corrected chi connectivity index (χ1v) is 11.6. The fourth-order valence-corrected chi connectivity index (χ4v) is 3.96. The van der Waals surface area contributed by atoms with Gasteiger partial charge in [0, 0.05) is 30.3 Å². The quantitative estimate of drug-likeness (QED) is 0.226. The van der Waals surface area contributed by atoms with Crippen LogP contribution in [-0.2, 0) is 4.79 Å². The fraction of sp³-hybridized carbons (Fsp3) is 0.321. The third-order valence-corrected chi connectivity index (χ3v) is 5.94. The number of nitrogens with zero attached hydrogens (tertiary/aromatic N) is 1. The van der Waals surface area contributed by atoms with Crippen LogP contribution in [0.4, 0.5) is 0 Å². The molecule has 2 aromatic carbocycles. The van der Waals surface area contributed by atoms with Gasteiger partial charge in [-0.25, -0.2) is 0 Å². The van der Waals surface area contributed by atoms with Crippen molar-refractivity contribution in [1.82, 2.24) is 4.57 Å². The lowest BCUT2D eigenvalue weighted by molar-refractivity contribution is -0.135. The minimum absolute atomic E-state index is 0.148. The summed E-state index contributed by atoms with van der Waals surface area (Å²) in [6, 6.07) is 15.1. The third-order valence-electron chi connectivity index (χ3n) is 5.94. The third kappa shape index (κ3) is 5.81. The predicted molar refractivity (Wildman–Crippen MR) is 132 cm³/mol. The molecule has 6 heteroatoms. The van der Waals surface area contributed by atoms with Crippen LogP contribution >= 0.6 is 0 Å². The van der Waals surface area contributed by atoms with E-state index < -0.39 is 0 Å².